The Bertz CT molecular complexity index is 973. The van der Waals surface area contributed by atoms with Crippen LogP contribution in [-0.2, 0) is 10.0 Å². The van der Waals surface area contributed by atoms with Gasteiger partial charge in [-0.3, -0.25) is 4.79 Å². The number of fused-ring (bicyclic) bond motifs is 1. The van der Waals surface area contributed by atoms with Crippen LogP contribution in [0, 0.1) is 6.92 Å². The fraction of sp³-hybridized carbons (Fsp3) is 0.0625. The van der Waals surface area contributed by atoms with E-state index in [1.54, 1.807) is 42.5 Å². The first-order chi connectivity index (χ1) is 10.4. The number of rotatable bonds is 3. The fourth-order valence-corrected chi connectivity index (χ4v) is 4.05. The van der Waals surface area contributed by atoms with Crippen molar-refractivity contribution in [3.63, 3.8) is 0 Å². The third-order valence-corrected chi connectivity index (χ3v) is 5.65. The molecule has 1 heterocycles. The van der Waals surface area contributed by atoms with Crippen molar-refractivity contribution in [1.82, 2.24) is 3.97 Å². The van der Waals surface area contributed by atoms with E-state index >= 15 is 0 Å². The highest BCUT2D eigenvalue weighted by Crippen LogP contribution is 2.27. The molecule has 3 rings (SSSR count). The van der Waals surface area contributed by atoms with Crippen LogP contribution < -0.4 is 0 Å². The van der Waals surface area contributed by atoms with Crippen LogP contribution in [0.1, 0.15) is 15.9 Å². The van der Waals surface area contributed by atoms with E-state index in [2.05, 4.69) is 15.9 Å². The van der Waals surface area contributed by atoms with Crippen LogP contribution in [0.5, 0.6) is 0 Å². The van der Waals surface area contributed by atoms with Crippen LogP contribution >= 0.6 is 15.9 Å². The second-order valence-electron chi connectivity index (χ2n) is 4.98. The minimum atomic E-state index is -3.74. The minimum Gasteiger partial charge on any atom is -0.298 e. The molecule has 0 bridgehead atoms. The van der Waals surface area contributed by atoms with E-state index in [4.69, 9.17) is 0 Å². The van der Waals surface area contributed by atoms with Gasteiger partial charge in [0.25, 0.3) is 10.0 Å². The molecule has 0 atom stereocenters. The lowest BCUT2D eigenvalue weighted by Crippen LogP contribution is -2.11. The summed E-state index contributed by atoms with van der Waals surface area (Å²) in [4.78, 5) is 11.4. The van der Waals surface area contributed by atoms with E-state index in [9.17, 15) is 13.2 Å². The zero-order valence-corrected chi connectivity index (χ0v) is 14.1. The molecular weight excluding hydrogens is 366 g/mol. The van der Waals surface area contributed by atoms with E-state index in [1.807, 2.05) is 6.92 Å². The van der Waals surface area contributed by atoms with Gasteiger partial charge in [0.05, 0.1) is 10.4 Å². The maximum Gasteiger partial charge on any atom is 0.268 e. The Morgan fingerprint density at radius 1 is 1.09 bits per heavy atom. The van der Waals surface area contributed by atoms with Crippen LogP contribution in [0.15, 0.2) is 58.0 Å². The van der Waals surface area contributed by atoms with Gasteiger partial charge in [0, 0.05) is 21.6 Å². The highest BCUT2D eigenvalue weighted by atomic mass is 79.9. The van der Waals surface area contributed by atoms with E-state index < -0.39 is 10.0 Å². The molecular formula is C16H12BrNO3S. The van der Waals surface area contributed by atoms with Crippen molar-refractivity contribution in [1.29, 1.82) is 0 Å². The molecule has 0 amide bonds. The Morgan fingerprint density at radius 3 is 2.41 bits per heavy atom. The van der Waals surface area contributed by atoms with Crippen molar-refractivity contribution < 1.29 is 13.2 Å². The monoisotopic (exact) mass is 377 g/mol. The highest BCUT2D eigenvalue weighted by molar-refractivity contribution is 9.10. The maximum atomic E-state index is 12.8. The number of aryl methyl sites for hydroxylation is 1. The summed E-state index contributed by atoms with van der Waals surface area (Å²) in [5.41, 5.74) is 1.80. The Balaban J connectivity index is 2.29. The van der Waals surface area contributed by atoms with Crippen molar-refractivity contribution in [2.75, 3.05) is 0 Å². The molecule has 0 aliphatic carbocycles. The SMILES string of the molecule is Cc1ccc(S(=O)(=O)n2cc(C=O)c3cc(Br)ccc32)cc1. The Labute approximate surface area is 136 Å². The molecule has 0 saturated heterocycles. The van der Waals surface area contributed by atoms with Crippen molar-refractivity contribution in [3.05, 3.63) is 64.3 Å². The van der Waals surface area contributed by atoms with Crippen molar-refractivity contribution >= 4 is 43.1 Å². The number of hydrogen-bond acceptors (Lipinski definition) is 3. The minimum absolute atomic E-state index is 0.190. The molecule has 0 aliphatic heterocycles. The average molecular weight is 378 g/mol. The first kappa shape index (κ1) is 15.0. The molecule has 0 radical (unpaired) electrons. The normalized spacial score (nSPS) is 11.7. The standard InChI is InChI=1S/C16H12BrNO3S/c1-11-2-5-14(6-3-11)22(20,21)18-9-12(10-19)15-8-13(17)4-7-16(15)18/h2-10H,1H3. The van der Waals surface area contributed by atoms with Gasteiger partial charge in [-0.1, -0.05) is 33.6 Å². The smallest absolute Gasteiger partial charge is 0.268 e. The number of carbonyl (C=O) groups is 1. The second kappa shape index (κ2) is 5.37. The number of carbonyl (C=O) groups excluding carboxylic acids is 1. The van der Waals surface area contributed by atoms with E-state index in [1.165, 1.54) is 6.20 Å². The molecule has 0 aliphatic rings. The van der Waals surface area contributed by atoms with Gasteiger partial charge in [0.1, 0.15) is 0 Å². The average Bonchev–Trinajstić information content (AvgIpc) is 2.86. The summed E-state index contributed by atoms with van der Waals surface area (Å²) in [6.45, 7) is 1.89. The topological polar surface area (TPSA) is 56.1 Å². The Hall–Kier alpha value is -1.92. The third kappa shape index (κ3) is 2.38. The van der Waals surface area contributed by atoms with Crippen molar-refractivity contribution in [3.8, 4) is 0 Å². The number of benzene rings is 2. The Kier molecular flexibility index (Phi) is 3.66. The second-order valence-corrected chi connectivity index (χ2v) is 7.71. The van der Waals surface area contributed by atoms with Gasteiger partial charge >= 0.3 is 0 Å². The summed E-state index contributed by atoms with van der Waals surface area (Å²) in [6.07, 6.45) is 2.02. The van der Waals surface area contributed by atoms with Gasteiger partial charge in [-0.2, -0.15) is 0 Å². The van der Waals surface area contributed by atoms with Gasteiger partial charge in [-0.05, 0) is 37.3 Å². The van der Waals surface area contributed by atoms with Crippen LogP contribution in [0.4, 0.5) is 0 Å². The molecule has 1 aromatic heterocycles. The molecule has 4 nitrogen and oxygen atoms in total. The fourth-order valence-electron chi connectivity index (χ4n) is 2.31. The van der Waals surface area contributed by atoms with Crippen LogP contribution in [0.3, 0.4) is 0 Å². The van der Waals surface area contributed by atoms with Gasteiger partial charge in [-0.15, -0.1) is 0 Å². The summed E-state index contributed by atoms with van der Waals surface area (Å²) in [5, 5.41) is 0.597. The molecule has 0 unspecified atom stereocenters. The third-order valence-electron chi connectivity index (χ3n) is 3.47. The predicted octanol–water partition coefficient (Wildman–Crippen LogP) is 3.76. The van der Waals surface area contributed by atoms with Crippen LogP contribution in [0.25, 0.3) is 10.9 Å². The highest BCUT2D eigenvalue weighted by Gasteiger charge is 2.21. The number of aromatic nitrogens is 1. The summed E-state index contributed by atoms with van der Waals surface area (Å²) < 4.78 is 27.6. The lowest BCUT2D eigenvalue weighted by Gasteiger charge is -2.08. The largest absolute Gasteiger partial charge is 0.298 e. The zero-order chi connectivity index (χ0) is 15.9. The Morgan fingerprint density at radius 2 is 1.77 bits per heavy atom. The van der Waals surface area contributed by atoms with E-state index in [0.29, 0.717) is 22.8 Å². The van der Waals surface area contributed by atoms with E-state index in [0.717, 1.165) is 14.0 Å². The first-order valence-electron chi connectivity index (χ1n) is 6.51. The summed E-state index contributed by atoms with van der Waals surface area (Å²) >= 11 is 3.33. The number of halogens is 1. The molecule has 112 valence electrons. The maximum absolute atomic E-state index is 12.8. The van der Waals surface area contributed by atoms with Crippen molar-refractivity contribution in [2.24, 2.45) is 0 Å². The summed E-state index contributed by atoms with van der Waals surface area (Å²) in [5.74, 6) is 0. The molecule has 3 aromatic rings. The number of hydrogen-bond donors (Lipinski definition) is 0. The molecule has 6 heteroatoms. The molecule has 0 saturated carbocycles. The lowest BCUT2D eigenvalue weighted by atomic mass is 10.2. The van der Waals surface area contributed by atoms with Crippen LogP contribution in [0.2, 0.25) is 0 Å². The van der Waals surface area contributed by atoms with Crippen molar-refractivity contribution in [2.45, 2.75) is 11.8 Å². The van der Waals surface area contributed by atoms with Crippen LogP contribution in [-0.4, -0.2) is 18.7 Å². The lowest BCUT2D eigenvalue weighted by molar-refractivity contribution is 0.112. The summed E-state index contributed by atoms with van der Waals surface area (Å²) in [7, 11) is -3.74. The first-order valence-corrected chi connectivity index (χ1v) is 8.75. The van der Waals surface area contributed by atoms with E-state index in [-0.39, 0.29) is 4.90 Å². The quantitative estimate of drug-likeness (QED) is 0.652. The molecule has 22 heavy (non-hydrogen) atoms. The predicted molar refractivity (Wildman–Crippen MR) is 88.8 cm³/mol. The molecule has 0 N–H and O–H groups in total. The van der Waals surface area contributed by atoms with Gasteiger partial charge < -0.3 is 0 Å². The zero-order valence-electron chi connectivity index (χ0n) is 11.7. The molecule has 0 spiro atoms. The summed E-state index contributed by atoms with van der Waals surface area (Å²) in [6, 6.07) is 11.8. The molecule has 0 fully saturated rings. The van der Waals surface area contributed by atoms with Gasteiger partial charge in [-0.25, -0.2) is 12.4 Å². The van der Waals surface area contributed by atoms with Gasteiger partial charge in [0.2, 0.25) is 0 Å². The molecule has 2 aromatic carbocycles. The van der Waals surface area contributed by atoms with Gasteiger partial charge in [0.15, 0.2) is 6.29 Å². The number of aldehydes is 1. The number of nitrogens with zero attached hydrogens (tertiary/aromatic N) is 1.